The molecular weight excluding hydrogens is 517 g/mol. The van der Waals surface area contributed by atoms with Crippen molar-refractivity contribution >= 4 is 35.0 Å². The number of aryl methyl sites for hydroxylation is 1. The van der Waals surface area contributed by atoms with Crippen molar-refractivity contribution in [3.05, 3.63) is 58.2 Å². The van der Waals surface area contributed by atoms with Gasteiger partial charge in [0.1, 0.15) is 5.69 Å². The summed E-state index contributed by atoms with van der Waals surface area (Å²) in [5, 5.41) is 4.80. The molecule has 4 aromatic rings. The first-order valence-corrected chi connectivity index (χ1v) is 10.5. The van der Waals surface area contributed by atoms with Crippen LogP contribution < -0.4 is 0 Å². The molecule has 2 heterocycles. The van der Waals surface area contributed by atoms with E-state index in [1.807, 2.05) is 20.8 Å². The Balaban J connectivity index is 0.00000342. The van der Waals surface area contributed by atoms with Gasteiger partial charge in [0.15, 0.2) is 5.82 Å². The molecule has 0 saturated heterocycles. The molecule has 35 heavy (non-hydrogen) atoms. The predicted octanol–water partition coefficient (Wildman–Crippen LogP) is 8.04. The highest BCUT2D eigenvalue weighted by atomic mass is 35.5. The van der Waals surface area contributed by atoms with Gasteiger partial charge in [-0.1, -0.05) is 44.5 Å². The third kappa shape index (κ3) is 4.86. The Morgan fingerprint density at radius 2 is 1.49 bits per heavy atom. The standard InChI is InChI=1S/C23H19ClF6N4.ClH/c1-21(2,3)19-17(24)18(34(4)33-19)20-31-14-9-8-11(10-15(14)32-20)16-12(22(25,26)27)6-5-7-13(16)23(28,29)30;/h5-10H,1-4H3,(H,31,32);1H. The van der Waals surface area contributed by atoms with E-state index in [4.69, 9.17) is 11.6 Å². The van der Waals surface area contributed by atoms with Crippen LogP contribution >= 0.6 is 24.0 Å². The third-order valence-corrected chi connectivity index (χ3v) is 5.73. The summed E-state index contributed by atoms with van der Waals surface area (Å²) in [6.45, 7) is 5.81. The normalized spacial score (nSPS) is 12.8. The molecule has 0 unspecified atom stereocenters. The summed E-state index contributed by atoms with van der Waals surface area (Å²) in [6.07, 6.45) is -9.95. The van der Waals surface area contributed by atoms with Crippen molar-refractivity contribution in [3.8, 4) is 22.6 Å². The second-order valence-electron chi connectivity index (χ2n) is 8.93. The van der Waals surface area contributed by atoms with Crippen LogP contribution in [-0.4, -0.2) is 19.7 Å². The van der Waals surface area contributed by atoms with Crippen LogP contribution in [0.15, 0.2) is 36.4 Å². The number of alkyl halides is 6. The molecule has 2 aromatic heterocycles. The maximum atomic E-state index is 13.6. The first kappa shape index (κ1) is 26.9. The molecule has 0 aliphatic heterocycles. The number of halogens is 8. The van der Waals surface area contributed by atoms with Gasteiger partial charge in [0.05, 0.1) is 32.9 Å². The van der Waals surface area contributed by atoms with E-state index in [1.165, 1.54) is 22.9 Å². The van der Waals surface area contributed by atoms with Gasteiger partial charge >= 0.3 is 12.4 Å². The molecule has 0 bridgehead atoms. The van der Waals surface area contributed by atoms with Crippen LogP contribution in [0.3, 0.4) is 0 Å². The number of nitrogens with one attached hydrogen (secondary N) is 1. The minimum absolute atomic E-state index is 0. The highest BCUT2D eigenvalue weighted by Crippen LogP contribution is 2.45. The molecule has 4 rings (SSSR count). The fraction of sp³-hybridized carbons (Fsp3) is 0.304. The number of nitrogens with zero attached hydrogens (tertiary/aromatic N) is 3. The number of aromatic nitrogens is 4. The lowest BCUT2D eigenvalue weighted by molar-refractivity contribution is -0.142. The van der Waals surface area contributed by atoms with Gasteiger partial charge in [-0.15, -0.1) is 12.4 Å². The van der Waals surface area contributed by atoms with Gasteiger partial charge in [-0.25, -0.2) is 4.98 Å². The van der Waals surface area contributed by atoms with Gasteiger partial charge in [0, 0.05) is 18.0 Å². The molecule has 0 aliphatic rings. The smallest absolute Gasteiger partial charge is 0.337 e. The van der Waals surface area contributed by atoms with Crippen molar-refractivity contribution < 1.29 is 26.3 Å². The molecule has 0 radical (unpaired) electrons. The quantitative estimate of drug-likeness (QED) is 0.263. The average molecular weight is 537 g/mol. The summed E-state index contributed by atoms with van der Waals surface area (Å²) in [5.41, 5.74) is -2.58. The van der Waals surface area contributed by atoms with E-state index in [1.54, 1.807) is 7.05 Å². The monoisotopic (exact) mass is 536 g/mol. The Kier molecular flexibility index (Phi) is 6.71. The van der Waals surface area contributed by atoms with Crippen LogP contribution in [0.5, 0.6) is 0 Å². The zero-order valence-electron chi connectivity index (χ0n) is 18.9. The Labute approximate surface area is 207 Å². The van der Waals surface area contributed by atoms with Crippen LogP contribution in [0.4, 0.5) is 26.3 Å². The molecule has 1 N–H and O–H groups in total. The van der Waals surface area contributed by atoms with E-state index >= 15 is 0 Å². The van der Waals surface area contributed by atoms with Crippen LogP contribution in [0.25, 0.3) is 33.7 Å². The van der Waals surface area contributed by atoms with Crippen LogP contribution in [0, 0.1) is 0 Å². The fourth-order valence-corrected chi connectivity index (χ4v) is 4.38. The van der Waals surface area contributed by atoms with Crippen molar-refractivity contribution in [1.82, 2.24) is 19.7 Å². The molecule has 0 fully saturated rings. The van der Waals surface area contributed by atoms with Crippen molar-refractivity contribution in [3.63, 3.8) is 0 Å². The molecule has 0 atom stereocenters. The lowest BCUT2D eigenvalue weighted by Gasteiger charge is -2.18. The largest absolute Gasteiger partial charge is 0.417 e. The molecule has 0 amide bonds. The Bertz CT molecular complexity index is 1360. The number of aromatic amines is 1. The number of benzene rings is 2. The molecule has 2 aromatic carbocycles. The first-order chi connectivity index (χ1) is 15.6. The highest BCUT2D eigenvalue weighted by molar-refractivity contribution is 6.33. The molecule has 4 nitrogen and oxygen atoms in total. The SMILES string of the molecule is Cl.Cn1nc(C(C)(C)C)c(Cl)c1-c1nc2ccc(-c3c(C(F)(F)F)cccc3C(F)(F)F)cc2[nH]1. The van der Waals surface area contributed by atoms with Gasteiger partial charge in [-0.2, -0.15) is 31.4 Å². The minimum atomic E-state index is -4.98. The van der Waals surface area contributed by atoms with Crippen molar-refractivity contribution in [2.75, 3.05) is 0 Å². The summed E-state index contributed by atoms with van der Waals surface area (Å²) >= 11 is 6.55. The molecule has 0 saturated carbocycles. The molecule has 188 valence electrons. The van der Waals surface area contributed by atoms with Crippen LogP contribution in [-0.2, 0) is 24.8 Å². The lowest BCUT2D eigenvalue weighted by Crippen LogP contribution is -2.14. The summed E-state index contributed by atoms with van der Waals surface area (Å²) in [5.74, 6) is 0.294. The number of imidazole rings is 1. The summed E-state index contributed by atoms with van der Waals surface area (Å²) in [4.78, 5) is 7.40. The second kappa shape index (κ2) is 8.74. The summed E-state index contributed by atoms with van der Waals surface area (Å²) in [7, 11) is 1.67. The van der Waals surface area contributed by atoms with Crippen molar-refractivity contribution in [2.45, 2.75) is 38.5 Å². The fourth-order valence-electron chi connectivity index (χ4n) is 3.85. The number of hydrogen-bond donors (Lipinski definition) is 1. The topological polar surface area (TPSA) is 46.5 Å². The summed E-state index contributed by atoms with van der Waals surface area (Å²) in [6, 6.07) is 5.80. The maximum Gasteiger partial charge on any atom is 0.417 e. The first-order valence-electron chi connectivity index (χ1n) is 10.1. The Morgan fingerprint density at radius 3 is 1.97 bits per heavy atom. The zero-order chi connectivity index (χ0) is 25.2. The second-order valence-corrected chi connectivity index (χ2v) is 9.30. The van der Waals surface area contributed by atoms with Gasteiger partial charge in [0.2, 0.25) is 0 Å². The van der Waals surface area contributed by atoms with E-state index in [0.29, 0.717) is 39.9 Å². The zero-order valence-corrected chi connectivity index (χ0v) is 20.4. The van der Waals surface area contributed by atoms with Gasteiger partial charge < -0.3 is 4.98 Å². The highest BCUT2D eigenvalue weighted by Gasteiger charge is 2.41. The van der Waals surface area contributed by atoms with Gasteiger partial charge in [-0.3, -0.25) is 4.68 Å². The maximum absolute atomic E-state index is 13.6. The van der Waals surface area contributed by atoms with E-state index in [2.05, 4.69) is 15.1 Å². The number of rotatable bonds is 2. The summed E-state index contributed by atoms with van der Waals surface area (Å²) < 4.78 is 83.2. The van der Waals surface area contributed by atoms with Crippen LogP contribution in [0.1, 0.15) is 37.6 Å². The number of hydrogen-bond acceptors (Lipinski definition) is 2. The van der Waals surface area contributed by atoms with Crippen molar-refractivity contribution in [1.29, 1.82) is 0 Å². The lowest BCUT2D eigenvalue weighted by atomic mass is 9.92. The molecule has 12 heteroatoms. The molecule has 0 aliphatic carbocycles. The van der Waals surface area contributed by atoms with E-state index in [0.717, 1.165) is 6.07 Å². The predicted molar refractivity (Wildman–Crippen MR) is 125 cm³/mol. The third-order valence-electron chi connectivity index (χ3n) is 5.37. The number of fused-ring (bicyclic) bond motifs is 1. The molecule has 0 spiro atoms. The Morgan fingerprint density at radius 1 is 0.914 bits per heavy atom. The van der Waals surface area contributed by atoms with Crippen molar-refractivity contribution in [2.24, 2.45) is 7.05 Å². The van der Waals surface area contributed by atoms with Gasteiger partial charge in [0.25, 0.3) is 0 Å². The van der Waals surface area contributed by atoms with E-state index < -0.39 is 29.0 Å². The Hall–Kier alpha value is -2.72. The van der Waals surface area contributed by atoms with Gasteiger partial charge in [-0.05, 0) is 29.8 Å². The van der Waals surface area contributed by atoms with Crippen LogP contribution in [0.2, 0.25) is 5.02 Å². The average Bonchev–Trinajstić information content (AvgIpc) is 3.24. The minimum Gasteiger partial charge on any atom is -0.337 e. The van der Waals surface area contributed by atoms with E-state index in [-0.39, 0.29) is 28.9 Å². The molecular formula is C23H20Cl2F6N4. The van der Waals surface area contributed by atoms with E-state index in [9.17, 15) is 26.3 Å². The number of H-pyrrole nitrogens is 1.